The van der Waals surface area contributed by atoms with Gasteiger partial charge in [0.15, 0.2) is 0 Å². The van der Waals surface area contributed by atoms with Crippen LogP contribution in [-0.2, 0) is 4.79 Å². The van der Waals surface area contributed by atoms with Crippen LogP contribution in [0.15, 0.2) is 30.5 Å². The highest BCUT2D eigenvalue weighted by Crippen LogP contribution is 2.25. The van der Waals surface area contributed by atoms with E-state index in [1.54, 1.807) is 6.20 Å². The summed E-state index contributed by atoms with van der Waals surface area (Å²) < 4.78 is 0. The number of nitrogens with one attached hydrogen (secondary N) is 2. The van der Waals surface area contributed by atoms with E-state index in [0.717, 1.165) is 17.8 Å². The molecule has 0 unspecified atom stereocenters. The van der Waals surface area contributed by atoms with E-state index in [-0.39, 0.29) is 5.91 Å². The minimum absolute atomic E-state index is 0.000864. The Hall–Kier alpha value is -2.36. The third-order valence-corrected chi connectivity index (χ3v) is 3.45. The van der Waals surface area contributed by atoms with Gasteiger partial charge in [0.1, 0.15) is 5.82 Å². The summed E-state index contributed by atoms with van der Waals surface area (Å²) in [4.78, 5) is 15.8. The summed E-state index contributed by atoms with van der Waals surface area (Å²) >= 11 is 0. The molecule has 116 valence electrons. The maximum atomic E-state index is 11.5. The standard InChI is InChI=1S/C18H23N3O/c1-5-6-17(22)21-16-8-7-15(11-19-16)20-18-13(3)9-12(2)10-14(18)4/h7-11,20H,5-6H2,1-4H3,(H,19,21,22). The number of aromatic nitrogens is 1. The summed E-state index contributed by atoms with van der Waals surface area (Å²) in [5.41, 5.74) is 5.68. The van der Waals surface area contributed by atoms with Crippen LogP contribution in [0.4, 0.5) is 17.2 Å². The van der Waals surface area contributed by atoms with Crippen molar-refractivity contribution in [3.63, 3.8) is 0 Å². The Kier molecular flexibility index (Phi) is 5.15. The molecule has 0 saturated heterocycles. The number of carbonyl (C=O) groups excluding carboxylic acids is 1. The molecule has 1 aromatic heterocycles. The molecule has 0 aliphatic carbocycles. The summed E-state index contributed by atoms with van der Waals surface area (Å²) in [6, 6.07) is 8.05. The molecule has 22 heavy (non-hydrogen) atoms. The monoisotopic (exact) mass is 297 g/mol. The van der Waals surface area contributed by atoms with Crippen molar-refractivity contribution in [2.45, 2.75) is 40.5 Å². The first-order valence-corrected chi connectivity index (χ1v) is 7.60. The minimum atomic E-state index is 0.000864. The number of nitrogens with zero attached hydrogens (tertiary/aromatic N) is 1. The van der Waals surface area contributed by atoms with Crippen molar-refractivity contribution in [1.29, 1.82) is 0 Å². The van der Waals surface area contributed by atoms with Crippen LogP contribution in [0.2, 0.25) is 0 Å². The van der Waals surface area contributed by atoms with Gasteiger partial charge in [0.2, 0.25) is 5.91 Å². The largest absolute Gasteiger partial charge is 0.354 e. The average molecular weight is 297 g/mol. The predicted octanol–water partition coefficient (Wildman–Crippen LogP) is 4.49. The fourth-order valence-corrected chi connectivity index (χ4v) is 2.50. The van der Waals surface area contributed by atoms with Crippen molar-refractivity contribution in [3.8, 4) is 0 Å². The summed E-state index contributed by atoms with van der Waals surface area (Å²) in [6.07, 6.45) is 3.08. The number of amides is 1. The van der Waals surface area contributed by atoms with E-state index in [1.807, 2.05) is 19.1 Å². The van der Waals surface area contributed by atoms with Crippen LogP contribution >= 0.6 is 0 Å². The van der Waals surface area contributed by atoms with Crippen molar-refractivity contribution in [1.82, 2.24) is 4.98 Å². The van der Waals surface area contributed by atoms with E-state index < -0.39 is 0 Å². The van der Waals surface area contributed by atoms with E-state index in [9.17, 15) is 4.79 Å². The summed E-state index contributed by atoms with van der Waals surface area (Å²) in [5.74, 6) is 0.585. The van der Waals surface area contributed by atoms with Gasteiger partial charge < -0.3 is 10.6 Å². The van der Waals surface area contributed by atoms with E-state index in [4.69, 9.17) is 0 Å². The second kappa shape index (κ2) is 7.07. The minimum Gasteiger partial charge on any atom is -0.354 e. The quantitative estimate of drug-likeness (QED) is 0.855. The van der Waals surface area contributed by atoms with Crippen LogP contribution < -0.4 is 10.6 Å². The van der Waals surface area contributed by atoms with Gasteiger partial charge in [0, 0.05) is 12.1 Å². The van der Waals surface area contributed by atoms with Crippen LogP contribution in [0.5, 0.6) is 0 Å². The second-order valence-corrected chi connectivity index (χ2v) is 5.63. The van der Waals surface area contributed by atoms with Gasteiger partial charge in [-0.3, -0.25) is 4.79 Å². The number of rotatable bonds is 5. The zero-order chi connectivity index (χ0) is 16.1. The van der Waals surface area contributed by atoms with Crippen molar-refractivity contribution in [2.24, 2.45) is 0 Å². The van der Waals surface area contributed by atoms with E-state index in [0.29, 0.717) is 12.2 Å². The lowest BCUT2D eigenvalue weighted by atomic mass is 10.0. The predicted molar refractivity (Wildman–Crippen MR) is 91.7 cm³/mol. The number of benzene rings is 1. The maximum absolute atomic E-state index is 11.5. The van der Waals surface area contributed by atoms with Crippen LogP contribution in [0.3, 0.4) is 0 Å². The van der Waals surface area contributed by atoms with E-state index >= 15 is 0 Å². The molecule has 2 aromatic rings. The Morgan fingerprint density at radius 2 is 1.82 bits per heavy atom. The number of aryl methyl sites for hydroxylation is 3. The van der Waals surface area contributed by atoms with Gasteiger partial charge in [-0.05, 0) is 50.5 Å². The van der Waals surface area contributed by atoms with Crippen LogP contribution in [0, 0.1) is 20.8 Å². The van der Waals surface area contributed by atoms with Crippen LogP contribution in [0.25, 0.3) is 0 Å². The molecule has 0 radical (unpaired) electrons. The first-order chi connectivity index (χ1) is 10.5. The second-order valence-electron chi connectivity index (χ2n) is 5.63. The molecular formula is C18H23N3O. The fraction of sp³-hybridized carbons (Fsp3) is 0.333. The lowest BCUT2D eigenvalue weighted by Gasteiger charge is -2.14. The Balaban J connectivity index is 2.10. The van der Waals surface area contributed by atoms with Gasteiger partial charge in [-0.2, -0.15) is 0 Å². The molecule has 0 aliphatic rings. The number of anilines is 3. The molecule has 1 heterocycles. The molecule has 2 rings (SSSR count). The number of pyridine rings is 1. The molecule has 0 bridgehead atoms. The Bertz CT molecular complexity index is 640. The van der Waals surface area contributed by atoms with Gasteiger partial charge in [0.25, 0.3) is 0 Å². The van der Waals surface area contributed by atoms with Crippen molar-refractivity contribution in [2.75, 3.05) is 10.6 Å². The molecule has 0 fully saturated rings. The Morgan fingerprint density at radius 1 is 1.14 bits per heavy atom. The molecular weight excluding hydrogens is 274 g/mol. The zero-order valence-corrected chi connectivity index (χ0v) is 13.7. The van der Waals surface area contributed by atoms with Crippen molar-refractivity contribution >= 4 is 23.1 Å². The Labute approximate surface area is 132 Å². The summed E-state index contributed by atoms with van der Waals surface area (Å²) in [6.45, 7) is 8.26. The third-order valence-electron chi connectivity index (χ3n) is 3.45. The highest BCUT2D eigenvalue weighted by molar-refractivity contribution is 5.89. The van der Waals surface area contributed by atoms with Crippen molar-refractivity contribution < 1.29 is 4.79 Å². The van der Waals surface area contributed by atoms with Gasteiger partial charge in [-0.15, -0.1) is 0 Å². The average Bonchev–Trinajstić information content (AvgIpc) is 2.45. The lowest BCUT2D eigenvalue weighted by Crippen LogP contribution is -2.11. The van der Waals surface area contributed by atoms with Crippen LogP contribution in [0.1, 0.15) is 36.5 Å². The molecule has 0 saturated carbocycles. The molecule has 4 heteroatoms. The maximum Gasteiger partial charge on any atom is 0.225 e. The molecule has 2 N–H and O–H groups in total. The lowest BCUT2D eigenvalue weighted by molar-refractivity contribution is -0.116. The normalized spacial score (nSPS) is 10.4. The highest BCUT2D eigenvalue weighted by atomic mass is 16.1. The summed E-state index contributed by atoms with van der Waals surface area (Å²) in [7, 11) is 0. The zero-order valence-electron chi connectivity index (χ0n) is 13.7. The first-order valence-electron chi connectivity index (χ1n) is 7.60. The third kappa shape index (κ3) is 4.07. The van der Waals surface area contributed by atoms with Gasteiger partial charge in [-0.1, -0.05) is 24.6 Å². The number of hydrogen-bond acceptors (Lipinski definition) is 3. The van der Waals surface area contributed by atoms with Gasteiger partial charge in [0.05, 0.1) is 11.9 Å². The molecule has 0 aliphatic heterocycles. The molecule has 0 atom stereocenters. The van der Waals surface area contributed by atoms with Gasteiger partial charge >= 0.3 is 0 Å². The first kappa shape index (κ1) is 16.0. The van der Waals surface area contributed by atoms with Crippen molar-refractivity contribution in [3.05, 3.63) is 47.2 Å². The summed E-state index contributed by atoms with van der Waals surface area (Å²) in [5, 5.41) is 6.18. The van der Waals surface area contributed by atoms with E-state index in [2.05, 4.69) is 48.5 Å². The molecule has 1 amide bonds. The highest BCUT2D eigenvalue weighted by Gasteiger charge is 2.06. The van der Waals surface area contributed by atoms with E-state index in [1.165, 1.54) is 16.7 Å². The Morgan fingerprint density at radius 3 is 2.36 bits per heavy atom. The fourth-order valence-electron chi connectivity index (χ4n) is 2.50. The smallest absolute Gasteiger partial charge is 0.225 e. The number of carbonyl (C=O) groups is 1. The number of hydrogen-bond donors (Lipinski definition) is 2. The molecule has 4 nitrogen and oxygen atoms in total. The van der Waals surface area contributed by atoms with Gasteiger partial charge in [-0.25, -0.2) is 4.98 Å². The van der Waals surface area contributed by atoms with Crippen LogP contribution in [-0.4, -0.2) is 10.9 Å². The SMILES string of the molecule is CCCC(=O)Nc1ccc(Nc2c(C)cc(C)cc2C)cn1. The molecule has 0 spiro atoms. The molecule has 1 aromatic carbocycles. The topological polar surface area (TPSA) is 54.0 Å².